The molecule has 0 N–H and O–H groups in total. The fourth-order valence-corrected chi connectivity index (χ4v) is 2.05. The highest BCUT2D eigenvalue weighted by Gasteiger charge is 2.15. The molecule has 0 atom stereocenters. The van der Waals surface area contributed by atoms with Crippen LogP contribution in [0.4, 0.5) is 5.82 Å². The molecule has 78 valence electrons. The molecule has 15 heavy (non-hydrogen) atoms. The summed E-state index contributed by atoms with van der Waals surface area (Å²) in [5.74, 6) is 0.760. The number of hydrogen-bond acceptors (Lipinski definition) is 3. The number of halogens is 1. The summed E-state index contributed by atoms with van der Waals surface area (Å²) in [4.78, 5) is 6.41. The SMILES string of the molecule is N#Cc1ccc(Cl)c(N2CCCCC2)n1. The summed E-state index contributed by atoms with van der Waals surface area (Å²) in [6.45, 7) is 1.98. The third-order valence-electron chi connectivity index (χ3n) is 2.60. The van der Waals surface area contributed by atoms with Crippen molar-refractivity contribution in [2.75, 3.05) is 18.0 Å². The first kappa shape index (κ1) is 10.3. The molecule has 1 aromatic heterocycles. The summed E-state index contributed by atoms with van der Waals surface area (Å²) in [6.07, 6.45) is 3.62. The fourth-order valence-electron chi connectivity index (χ4n) is 1.82. The lowest BCUT2D eigenvalue weighted by Gasteiger charge is -2.28. The van der Waals surface area contributed by atoms with Crippen LogP contribution in [0.2, 0.25) is 5.02 Å². The van der Waals surface area contributed by atoms with Gasteiger partial charge in [-0.1, -0.05) is 11.6 Å². The van der Waals surface area contributed by atoms with Crippen molar-refractivity contribution in [2.45, 2.75) is 19.3 Å². The number of piperidine rings is 1. The minimum atomic E-state index is 0.431. The van der Waals surface area contributed by atoms with Crippen LogP contribution in [-0.4, -0.2) is 18.1 Å². The minimum Gasteiger partial charge on any atom is -0.355 e. The molecule has 1 aromatic rings. The van der Waals surface area contributed by atoms with E-state index in [9.17, 15) is 0 Å². The van der Waals surface area contributed by atoms with Crippen LogP contribution in [0.3, 0.4) is 0 Å². The highest BCUT2D eigenvalue weighted by atomic mass is 35.5. The van der Waals surface area contributed by atoms with Gasteiger partial charge in [-0.15, -0.1) is 0 Å². The Labute approximate surface area is 94.3 Å². The maximum absolute atomic E-state index is 8.78. The van der Waals surface area contributed by atoms with Gasteiger partial charge >= 0.3 is 0 Å². The summed E-state index contributed by atoms with van der Waals surface area (Å²) in [5.41, 5.74) is 0.431. The standard InChI is InChI=1S/C11H12ClN3/c12-10-5-4-9(8-13)14-11(10)15-6-2-1-3-7-15/h4-5H,1-3,6-7H2. The molecule has 0 aliphatic carbocycles. The average molecular weight is 222 g/mol. The second-order valence-corrected chi connectivity index (χ2v) is 4.07. The van der Waals surface area contributed by atoms with E-state index in [0.717, 1.165) is 18.9 Å². The molecule has 1 aliphatic rings. The molecule has 0 unspecified atom stereocenters. The zero-order valence-electron chi connectivity index (χ0n) is 8.41. The maximum atomic E-state index is 8.78. The van der Waals surface area contributed by atoms with Crippen LogP contribution in [0.5, 0.6) is 0 Å². The molecule has 0 saturated carbocycles. The first-order chi connectivity index (χ1) is 7.31. The molecule has 3 nitrogen and oxygen atoms in total. The summed E-state index contributed by atoms with van der Waals surface area (Å²) in [6, 6.07) is 5.43. The van der Waals surface area contributed by atoms with Gasteiger partial charge in [0.2, 0.25) is 0 Å². The van der Waals surface area contributed by atoms with E-state index in [2.05, 4.69) is 9.88 Å². The second kappa shape index (κ2) is 4.50. The van der Waals surface area contributed by atoms with E-state index in [1.54, 1.807) is 12.1 Å². The van der Waals surface area contributed by atoms with Crippen LogP contribution in [0.1, 0.15) is 25.0 Å². The Balaban J connectivity index is 2.29. The van der Waals surface area contributed by atoms with Crippen molar-refractivity contribution in [3.63, 3.8) is 0 Å². The van der Waals surface area contributed by atoms with Crippen LogP contribution in [0.15, 0.2) is 12.1 Å². The highest BCUT2D eigenvalue weighted by molar-refractivity contribution is 6.32. The third-order valence-corrected chi connectivity index (χ3v) is 2.89. The van der Waals surface area contributed by atoms with Gasteiger partial charge < -0.3 is 4.90 Å². The average Bonchev–Trinajstić information content (AvgIpc) is 2.31. The molecule has 0 bridgehead atoms. The van der Waals surface area contributed by atoms with Crippen molar-refractivity contribution in [3.05, 3.63) is 22.8 Å². The Morgan fingerprint density at radius 3 is 2.67 bits per heavy atom. The Morgan fingerprint density at radius 2 is 2.00 bits per heavy atom. The number of rotatable bonds is 1. The molecular weight excluding hydrogens is 210 g/mol. The van der Waals surface area contributed by atoms with Gasteiger partial charge in [-0.05, 0) is 31.4 Å². The monoisotopic (exact) mass is 221 g/mol. The number of nitrogens with zero attached hydrogens (tertiary/aromatic N) is 3. The maximum Gasteiger partial charge on any atom is 0.148 e. The molecule has 1 fully saturated rings. The quantitative estimate of drug-likeness (QED) is 0.732. The minimum absolute atomic E-state index is 0.431. The van der Waals surface area contributed by atoms with Crippen LogP contribution in [0.25, 0.3) is 0 Å². The van der Waals surface area contributed by atoms with Crippen molar-refractivity contribution in [2.24, 2.45) is 0 Å². The van der Waals surface area contributed by atoms with Gasteiger partial charge in [0.25, 0.3) is 0 Å². The number of pyridine rings is 1. The number of hydrogen-bond donors (Lipinski definition) is 0. The lowest BCUT2D eigenvalue weighted by Crippen LogP contribution is -2.30. The third kappa shape index (κ3) is 2.21. The molecule has 0 aromatic carbocycles. The van der Waals surface area contributed by atoms with Crippen LogP contribution in [-0.2, 0) is 0 Å². The van der Waals surface area contributed by atoms with E-state index in [-0.39, 0.29) is 0 Å². The Kier molecular flexibility index (Phi) is 3.08. The largest absolute Gasteiger partial charge is 0.355 e. The molecular formula is C11H12ClN3. The molecule has 1 saturated heterocycles. The van der Waals surface area contributed by atoms with E-state index in [4.69, 9.17) is 16.9 Å². The molecule has 4 heteroatoms. The van der Waals surface area contributed by atoms with Gasteiger partial charge in [-0.3, -0.25) is 0 Å². The van der Waals surface area contributed by atoms with E-state index in [1.165, 1.54) is 19.3 Å². The normalized spacial score (nSPS) is 16.1. The van der Waals surface area contributed by atoms with Gasteiger partial charge in [0.15, 0.2) is 0 Å². The van der Waals surface area contributed by atoms with Gasteiger partial charge in [0.05, 0.1) is 5.02 Å². The van der Waals surface area contributed by atoms with Gasteiger partial charge in [0, 0.05) is 13.1 Å². The van der Waals surface area contributed by atoms with Gasteiger partial charge in [-0.2, -0.15) is 5.26 Å². The molecule has 0 amide bonds. The fraction of sp³-hybridized carbons (Fsp3) is 0.455. The number of anilines is 1. The lowest BCUT2D eigenvalue weighted by molar-refractivity contribution is 0.573. The summed E-state index contributed by atoms with van der Waals surface area (Å²) < 4.78 is 0. The number of aromatic nitrogens is 1. The van der Waals surface area contributed by atoms with Crippen molar-refractivity contribution < 1.29 is 0 Å². The van der Waals surface area contributed by atoms with Crippen LogP contribution < -0.4 is 4.90 Å². The number of nitriles is 1. The molecule has 2 rings (SSSR count). The molecule has 2 heterocycles. The first-order valence-electron chi connectivity index (χ1n) is 5.13. The van der Waals surface area contributed by atoms with Crippen LogP contribution in [0, 0.1) is 11.3 Å². The smallest absolute Gasteiger partial charge is 0.148 e. The second-order valence-electron chi connectivity index (χ2n) is 3.66. The topological polar surface area (TPSA) is 39.9 Å². The van der Waals surface area contributed by atoms with Gasteiger partial charge in [0.1, 0.15) is 17.6 Å². The van der Waals surface area contributed by atoms with Crippen molar-refractivity contribution >= 4 is 17.4 Å². The van der Waals surface area contributed by atoms with Crippen molar-refractivity contribution in [1.82, 2.24) is 4.98 Å². The van der Waals surface area contributed by atoms with Crippen molar-refractivity contribution in [1.29, 1.82) is 5.26 Å². The zero-order valence-corrected chi connectivity index (χ0v) is 9.17. The lowest BCUT2D eigenvalue weighted by atomic mass is 10.1. The van der Waals surface area contributed by atoms with Gasteiger partial charge in [-0.25, -0.2) is 4.98 Å². The Hall–Kier alpha value is -1.27. The summed E-state index contributed by atoms with van der Waals surface area (Å²) in [7, 11) is 0. The predicted octanol–water partition coefficient (Wildman–Crippen LogP) is 2.60. The molecule has 0 radical (unpaired) electrons. The van der Waals surface area contributed by atoms with E-state index in [1.807, 2.05) is 6.07 Å². The Bertz CT molecular complexity index is 391. The summed E-state index contributed by atoms with van der Waals surface area (Å²) in [5, 5.41) is 9.41. The zero-order chi connectivity index (χ0) is 10.7. The van der Waals surface area contributed by atoms with E-state index in [0.29, 0.717) is 10.7 Å². The highest BCUT2D eigenvalue weighted by Crippen LogP contribution is 2.26. The first-order valence-corrected chi connectivity index (χ1v) is 5.50. The molecule has 1 aliphatic heterocycles. The van der Waals surface area contributed by atoms with E-state index < -0.39 is 0 Å². The van der Waals surface area contributed by atoms with E-state index >= 15 is 0 Å². The molecule has 0 spiro atoms. The van der Waals surface area contributed by atoms with Crippen molar-refractivity contribution in [3.8, 4) is 6.07 Å². The predicted molar refractivity (Wildman–Crippen MR) is 60.0 cm³/mol. The van der Waals surface area contributed by atoms with Crippen LogP contribution >= 0.6 is 11.6 Å². The Morgan fingerprint density at radius 1 is 1.27 bits per heavy atom. The summed E-state index contributed by atoms with van der Waals surface area (Å²) >= 11 is 6.07.